The molecule has 1 N–H and O–H groups in total. The van der Waals surface area contributed by atoms with Crippen molar-refractivity contribution < 1.29 is 4.79 Å². The van der Waals surface area contributed by atoms with Gasteiger partial charge >= 0.3 is 0 Å². The van der Waals surface area contributed by atoms with Crippen LogP contribution in [0, 0.1) is 5.92 Å². The highest BCUT2D eigenvalue weighted by molar-refractivity contribution is 5.79. The number of nitrogens with zero attached hydrogens (tertiary/aromatic N) is 4. The van der Waals surface area contributed by atoms with Crippen molar-refractivity contribution in [3.63, 3.8) is 0 Å². The Morgan fingerprint density at radius 1 is 1.32 bits per heavy atom. The molecule has 0 aliphatic carbocycles. The molecule has 1 aromatic rings. The van der Waals surface area contributed by atoms with Gasteiger partial charge in [0.1, 0.15) is 12.2 Å². The van der Waals surface area contributed by atoms with E-state index >= 15 is 0 Å². The Hall–Kier alpha value is -1.43. The minimum atomic E-state index is 0.185. The van der Waals surface area contributed by atoms with Crippen molar-refractivity contribution in [1.82, 2.24) is 25.0 Å². The average molecular weight is 305 g/mol. The highest BCUT2D eigenvalue weighted by atomic mass is 16.2. The lowest BCUT2D eigenvalue weighted by Crippen LogP contribution is -2.46. The number of amides is 1. The quantitative estimate of drug-likeness (QED) is 0.920. The number of carbonyl (C=O) groups is 1. The third kappa shape index (κ3) is 3.16. The fourth-order valence-electron chi connectivity index (χ4n) is 3.62. The molecule has 3 rings (SSSR count). The smallest absolute Gasteiger partial charge is 0.226 e. The summed E-state index contributed by atoms with van der Waals surface area (Å²) in [6.07, 6.45) is 5.97. The van der Waals surface area contributed by atoms with Crippen LogP contribution in [-0.2, 0) is 4.79 Å². The van der Waals surface area contributed by atoms with Gasteiger partial charge in [-0.3, -0.25) is 4.79 Å². The zero-order valence-electron chi connectivity index (χ0n) is 13.7. The largest absolute Gasteiger partial charge is 0.342 e. The van der Waals surface area contributed by atoms with Gasteiger partial charge in [0.05, 0.1) is 5.92 Å². The summed E-state index contributed by atoms with van der Waals surface area (Å²) in [4.78, 5) is 14.6. The van der Waals surface area contributed by atoms with Gasteiger partial charge in [-0.2, -0.15) is 0 Å². The predicted octanol–water partition coefficient (Wildman–Crippen LogP) is 1.56. The highest BCUT2D eigenvalue weighted by Crippen LogP contribution is 2.29. The van der Waals surface area contributed by atoms with Gasteiger partial charge in [0.2, 0.25) is 5.91 Å². The molecule has 1 aromatic heterocycles. The van der Waals surface area contributed by atoms with Gasteiger partial charge in [-0.25, -0.2) is 0 Å². The summed E-state index contributed by atoms with van der Waals surface area (Å²) in [5.41, 5.74) is 0. The number of hydrogen-bond acceptors (Lipinski definition) is 4. The Balaban J connectivity index is 1.58. The molecule has 0 spiro atoms. The van der Waals surface area contributed by atoms with E-state index in [0.29, 0.717) is 17.9 Å². The summed E-state index contributed by atoms with van der Waals surface area (Å²) in [7, 11) is 0. The molecule has 6 heteroatoms. The Morgan fingerprint density at radius 2 is 2.09 bits per heavy atom. The summed E-state index contributed by atoms with van der Waals surface area (Å²) in [6.45, 7) is 7.91. The van der Waals surface area contributed by atoms with Gasteiger partial charge in [0, 0.05) is 31.6 Å². The fraction of sp³-hybridized carbons (Fsp3) is 0.812. The van der Waals surface area contributed by atoms with Gasteiger partial charge in [-0.15, -0.1) is 10.2 Å². The predicted molar refractivity (Wildman–Crippen MR) is 84.6 cm³/mol. The number of rotatable bonds is 3. The van der Waals surface area contributed by atoms with E-state index < -0.39 is 0 Å². The average Bonchev–Trinajstić information content (AvgIpc) is 3.05. The van der Waals surface area contributed by atoms with Crippen molar-refractivity contribution in [1.29, 1.82) is 0 Å². The van der Waals surface area contributed by atoms with E-state index in [1.807, 2.05) is 6.33 Å². The van der Waals surface area contributed by atoms with Crippen LogP contribution in [-0.4, -0.2) is 51.8 Å². The highest BCUT2D eigenvalue weighted by Gasteiger charge is 2.31. The molecule has 1 atom stereocenters. The molecule has 0 radical (unpaired) electrons. The number of hydrogen-bond donors (Lipinski definition) is 1. The van der Waals surface area contributed by atoms with Crippen LogP contribution >= 0.6 is 0 Å². The van der Waals surface area contributed by atoms with E-state index in [1.54, 1.807) is 0 Å². The number of nitrogens with one attached hydrogen (secondary N) is 1. The molecule has 2 fully saturated rings. The topological polar surface area (TPSA) is 63.1 Å². The Bertz CT molecular complexity index is 498. The molecule has 6 nitrogen and oxygen atoms in total. The van der Waals surface area contributed by atoms with Crippen molar-refractivity contribution in [2.24, 2.45) is 5.92 Å². The standard InChI is InChI=1S/C16H27N5O/c1-12(2)21-11-18-19-15(21)13-5-8-20(9-6-13)16(22)14-4-3-7-17-10-14/h11-14,17H,3-10H2,1-2H3/t14-/m1/s1. The molecular formula is C16H27N5O. The molecule has 1 amide bonds. The zero-order chi connectivity index (χ0) is 15.5. The second-order valence-corrected chi connectivity index (χ2v) is 6.83. The Kier molecular flexibility index (Phi) is 4.76. The SMILES string of the molecule is CC(C)n1cnnc1C1CCN(C(=O)[C@@H]2CCCNC2)CC1. The number of carbonyl (C=O) groups excluding carboxylic acids is 1. The van der Waals surface area contributed by atoms with Crippen LogP contribution in [0.3, 0.4) is 0 Å². The molecule has 0 saturated carbocycles. The Morgan fingerprint density at radius 3 is 2.73 bits per heavy atom. The van der Waals surface area contributed by atoms with Crippen LogP contribution in [0.4, 0.5) is 0 Å². The monoisotopic (exact) mass is 305 g/mol. The van der Waals surface area contributed by atoms with E-state index in [9.17, 15) is 4.79 Å². The van der Waals surface area contributed by atoms with Gasteiger partial charge in [0.25, 0.3) is 0 Å². The van der Waals surface area contributed by atoms with Gasteiger partial charge < -0.3 is 14.8 Å². The van der Waals surface area contributed by atoms with Crippen molar-refractivity contribution in [2.45, 2.75) is 51.5 Å². The Labute approximate surface area is 132 Å². The maximum atomic E-state index is 12.6. The maximum Gasteiger partial charge on any atom is 0.226 e. The van der Waals surface area contributed by atoms with Crippen LogP contribution in [0.1, 0.15) is 57.3 Å². The minimum absolute atomic E-state index is 0.185. The molecule has 0 unspecified atom stereocenters. The minimum Gasteiger partial charge on any atom is -0.342 e. The first-order chi connectivity index (χ1) is 10.7. The second kappa shape index (κ2) is 6.77. The van der Waals surface area contributed by atoms with Crippen LogP contribution in [0.5, 0.6) is 0 Å². The molecule has 122 valence electrons. The van der Waals surface area contributed by atoms with E-state index in [-0.39, 0.29) is 5.92 Å². The van der Waals surface area contributed by atoms with Crippen molar-refractivity contribution in [3.8, 4) is 0 Å². The van der Waals surface area contributed by atoms with Gasteiger partial charge in [-0.1, -0.05) is 0 Å². The first kappa shape index (κ1) is 15.5. The lowest BCUT2D eigenvalue weighted by molar-refractivity contribution is -0.137. The first-order valence-electron chi connectivity index (χ1n) is 8.55. The summed E-state index contributed by atoms with van der Waals surface area (Å²) < 4.78 is 2.16. The molecule has 0 bridgehead atoms. The number of likely N-dealkylation sites (tertiary alicyclic amines) is 1. The molecule has 2 aliphatic rings. The van der Waals surface area contributed by atoms with Crippen molar-refractivity contribution in [2.75, 3.05) is 26.2 Å². The van der Waals surface area contributed by atoms with Crippen LogP contribution in [0.15, 0.2) is 6.33 Å². The zero-order valence-corrected chi connectivity index (χ0v) is 13.7. The fourth-order valence-corrected chi connectivity index (χ4v) is 3.62. The van der Waals surface area contributed by atoms with Crippen LogP contribution in [0.25, 0.3) is 0 Å². The van der Waals surface area contributed by atoms with Crippen LogP contribution in [0.2, 0.25) is 0 Å². The molecule has 2 saturated heterocycles. The van der Waals surface area contributed by atoms with E-state index in [1.165, 1.54) is 0 Å². The normalized spacial score (nSPS) is 24.0. The molecule has 3 heterocycles. The number of piperidine rings is 2. The number of aromatic nitrogens is 3. The molecule has 2 aliphatic heterocycles. The lowest BCUT2D eigenvalue weighted by atomic mass is 9.93. The summed E-state index contributed by atoms with van der Waals surface area (Å²) in [6, 6.07) is 0.387. The second-order valence-electron chi connectivity index (χ2n) is 6.83. The van der Waals surface area contributed by atoms with E-state index in [4.69, 9.17) is 0 Å². The van der Waals surface area contributed by atoms with Crippen molar-refractivity contribution in [3.05, 3.63) is 12.2 Å². The third-order valence-electron chi connectivity index (χ3n) is 4.98. The maximum absolute atomic E-state index is 12.6. The molecular weight excluding hydrogens is 278 g/mol. The van der Waals surface area contributed by atoms with E-state index in [2.05, 4.69) is 38.8 Å². The summed E-state index contributed by atoms with van der Waals surface area (Å²) in [5, 5.41) is 11.7. The molecule has 22 heavy (non-hydrogen) atoms. The molecule has 0 aromatic carbocycles. The lowest BCUT2D eigenvalue weighted by Gasteiger charge is -2.35. The summed E-state index contributed by atoms with van der Waals surface area (Å²) >= 11 is 0. The van der Waals surface area contributed by atoms with Gasteiger partial charge in [0.15, 0.2) is 0 Å². The first-order valence-corrected chi connectivity index (χ1v) is 8.55. The third-order valence-corrected chi connectivity index (χ3v) is 4.98. The van der Waals surface area contributed by atoms with E-state index in [0.717, 1.165) is 57.7 Å². The van der Waals surface area contributed by atoms with Crippen LogP contribution < -0.4 is 5.32 Å². The van der Waals surface area contributed by atoms with Gasteiger partial charge in [-0.05, 0) is 46.1 Å². The van der Waals surface area contributed by atoms with Crippen molar-refractivity contribution >= 4 is 5.91 Å². The summed E-state index contributed by atoms with van der Waals surface area (Å²) in [5.74, 6) is 2.04.